The van der Waals surface area contributed by atoms with Gasteiger partial charge < -0.3 is 10.4 Å². The van der Waals surface area contributed by atoms with Crippen molar-refractivity contribution in [3.8, 4) is 0 Å². The quantitative estimate of drug-likeness (QED) is 0.817. The fraction of sp³-hybridized carbons (Fsp3) is 0.385. The second-order valence-corrected chi connectivity index (χ2v) is 4.57. The Kier molecular flexibility index (Phi) is 3.97. The van der Waals surface area contributed by atoms with E-state index in [1.54, 1.807) is 18.2 Å². The third-order valence-electron chi connectivity index (χ3n) is 3.17. The number of carbonyl (C=O) groups is 3. The number of rotatable bonds is 4. The highest BCUT2D eigenvalue weighted by molar-refractivity contribution is 6.03. The molecule has 1 saturated heterocycles. The first-order chi connectivity index (χ1) is 9.50. The van der Waals surface area contributed by atoms with E-state index in [0.717, 1.165) is 4.90 Å². The number of carboxylic acid groups (broad SMARTS) is 1. The molecule has 0 aromatic carbocycles. The van der Waals surface area contributed by atoms with E-state index in [1.807, 2.05) is 0 Å². The molecule has 7 heteroatoms. The van der Waals surface area contributed by atoms with Crippen LogP contribution in [0.25, 0.3) is 0 Å². The number of aromatic nitrogens is 1. The van der Waals surface area contributed by atoms with Crippen molar-refractivity contribution in [2.75, 3.05) is 4.90 Å². The molecule has 0 unspecified atom stereocenters. The van der Waals surface area contributed by atoms with Crippen LogP contribution in [-0.2, 0) is 14.4 Å². The molecular formula is C13H15N3O4. The third kappa shape index (κ3) is 2.76. The summed E-state index contributed by atoms with van der Waals surface area (Å²) in [7, 11) is 0. The van der Waals surface area contributed by atoms with Gasteiger partial charge in [0.1, 0.15) is 17.9 Å². The van der Waals surface area contributed by atoms with Gasteiger partial charge in [-0.25, -0.2) is 9.78 Å². The van der Waals surface area contributed by atoms with Crippen LogP contribution >= 0.6 is 0 Å². The predicted octanol–water partition coefficient (Wildman–Crippen LogP) is 0.166. The number of hydrogen-bond acceptors (Lipinski definition) is 4. The van der Waals surface area contributed by atoms with Crippen molar-refractivity contribution < 1.29 is 19.5 Å². The molecule has 0 saturated carbocycles. The summed E-state index contributed by atoms with van der Waals surface area (Å²) in [5.74, 6) is -1.53. The van der Waals surface area contributed by atoms with E-state index in [0.29, 0.717) is 6.42 Å². The van der Waals surface area contributed by atoms with Gasteiger partial charge in [0.05, 0.1) is 0 Å². The molecule has 1 aromatic heterocycles. The van der Waals surface area contributed by atoms with E-state index in [2.05, 4.69) is 10.3 Å². The molecule has 2 atom stereocenters. The zero-order valence-corrected chi connectivity index (χ0v) is 10.9. The zero-order chi connectivity index (χ0) is 14.7. The molecule has 7 nitrogen and oxygen atoms in total. The number of amides is 2. The molecule has 2 amide bonds. The Balaban J connectivity index is 2.29. The minimum absolute atomic E-state index is 0.202. The van der Waals surface area contributed by atoms with Crippen molar-refractivity contribution in [1.29, 1.82) is 0 Å². The second-order valence-electron chi connectivity index (χ2n) is 4.57. The average molecular weight is 277 g/mol. The lowest BCUT2D eigenvalue weighted by Crippen LogP contribution is -2.51. The summed E-state index contributed by atoms with van der Waals surface area (Å²) in [5, 5.41) is 11.7. The molecule has 1 aliphatic heterocycles. The summed E-state index contributed by atoms with van der Waals surface area (Å²) in [4.78, 5) is 40.0. The number of hydrogen-bond donors (Lipinski definition) is 2. The van der Waals surface area contributed by atoms with Gasteiger partial charge in [0.15, 0.2) is 0 Å². The largest absolute Gasteiger partial charge is 0.480 e. The zero-order valence-electron chi connectivity index (χ0n) is 10.9. The second kappa shape index (κ2) is 5.68. The Bertz CT molecular complexity index is 532. The summed E-state index contributed by atoms with van der Waals surface area (Å²) in [6.07, 6.45) is 2.12. The first-order valence-electron chi connectivity index (χ1n) is 6.27. The highest BCUT2D eigenvalue weighted by Crippen LogP contribution is 2.18. The van der Waals surface area contributed by atoms with E-state index in [-0.39, 0.29) is 18.1 Å². The Morgan fingerprint density at radius 2 is 2.25 bits per heavy atom. The maximum Gasteiger partial charge on any atom is 0.326 e. The molecular weight excluding hydrogens is 262 g/mol. The smallest absolute Gasteiger partial charge is 0.326 e. The number of aliphatic carboxylic acids is 1. The van der Waals surface area contributed by atoms with Gasteiger partial charge in [-0.2, -0.15) is 0 Å². The van der Waals surface area contributed by atoms with E-state index < -0.39 is 24.0 Å². The molecule has 106 valence electrons. The normalized spacial score (nSPS) is 19.2. The van der Waals surface area contributed by atoms with Crippen molar-refractivity contribution in [2.45, 2.75) is 31.8 Å². The van der Waals surface area contributed by atoms with Crippen molar-refractivity contribution in [2.24, 2.45) is 0 Å². The maximum atomic E-state index is 12.4. The van der Waals surface area contributed by atoms with Crippen molar-refractivity contribution >= 4 is 23.6 Å². The van der Waals surface area contributed by atoms with Crippen molar-refractivity contribution in [3.63, 3.8) is 0 Å². The van der Waals surface area contributed by atoms with Crippen LogP contribution < -0.4 is 10.2 Å². The maximum absolute atomic E-state index is 12.4. The van der Waals surface area contributed by atoms with Gasteiger partial charge in [-0.05, 0) is 25.5 Å². The van der Waals surface area contributed by atoms with Crippen LogP contribution in [-0.4, -0.2) is 40.0 Å². The number of carbonyl (C=O) groups excluding carboxylic acids is 2. The number of anilines is 1. The average Bonchev–Trinajstić information content (AvgIpc) is 2.86. The van der Waals surface area contributed by atoms with Crippen LogP contribution in [0.15, 0.2) is 24.4 Å². The Morgan fingerprint density at radius 3 is 2.75 bits per heavy atom. The Labute approximate surface area is 115 Å². The standard InChI is InChI=1S/C13H15N3O4/c1-8(13(19)20)16(10-4-2-3-7-14-10)12(18)9-5-6-11(17)15-9/h2-4,7-9H,5-6H2,1H3,(H,15,17)(H,19,20)/t8-,9-/m0/s1. The molecule has 0 radical (unpaired) electrons. The summed E-state index contributed by atoms with van der Waals surface area (Å²) < 4.78 is 0. The molecule has 0 aliphatic carbocycles. The van der Waals surface area contributed by atoms with Gasteiger partial charge in [0, 0.05) is 12.6 Å². The minimum atomic E-state index is -1.13. The van der Waals surface area contributed by atoms with Crippen LogP contribution in [0.2, 0.25) is 0 Å². The highest BCUT2D eigenvalue weighted by Gasteiger charge is 2.36. The van der Waals surface area contributed by atoms with E-state index in [1.165, 1.54) is 13.1 Å². The highest BCUT2D eigenvalue weighted by atomic mass is 16.4. The lowest BCUT2D eigenvalue weighted by Gasteiger charge is -2.27. The molecule has 1 aliphatic rings. The summed E-state index contributed by atoms with van der Waals surface area (Å²) in [6, 6.07) is 3.16. The van der Waals surface area contributed by atoms with Gasteiger partial charge in [-0.15, -0.1) is 0 Å². The fourth-order valence-electron chi connectivity index (χ4n) is 2.08. The third-order valence-corrected chi connectivity index (χ3v) is 3.17. The topological polar surface area (TPSA) is 99.6 Å². The van der Waals surface area contributed by atoms with Gasteiger partial charge in [-0.1, -0.05) is 6.07 Å². The number of pyridine rings is 1. The van der Waals surface area contributed by atoms with E-state index >= 15 is 0 Å². The van der Waals surface area contributed by atoms with Crippen LogP contribution in [0.4, 0.5) is 5.82 Å². The SMILES string of the molecule is C[C@@H](C(=O)O)N(C(=O)[C@@H]1CCC(=O)N1)c1ccccn1. The van der Waals surface area contributed by atoms with Crippen LogP contribution in [0.1, 0.15) is 19.8 Å². The summed E-state index contributed by atoms with van der Waals surface area (Å²) in [6.45, 7) is 1.41. The molecule has 1 aromatic rings. The molecule has 2 heterocycles. The van der Waals surface area contributed by atoms with Gasteiger partial charge in [-0.3, -0.25) is 14.5 Å². The van der Waals surface area contributed by atoms with E-state index in [9.17, 15) is 14.4 Å². The first kappa shape index (κ1) is 14.0. The molecule has 2 rings (SSSR count). The van der Waals surface area contributed by atoms with Gasteiger partial charge in [0.25, 0.3) is 5.91 Å². The number of nitrogens with one attached hydrogen (secondary N) is 1. The molecule has 20 heavy (non-hydrogen) atoms. The molecule has 1 fully saturated rings. The van der Waals surface area contributed by atoms with Crippen LogP contribution in [0, 0.1) is 0 Å². The lowest BCUT2D eigenvalue weighted by molar-refractivity contribution is -0.139. The van der Waals surface area contributed by atoms with Crippen molar-refractivity contribution in [3.05, 3.63) is 24.4 Å². The monoisotopic (exact) mass is 277 g/mol. The Hall–Kier alpha value is -2.44. The van der Waals surface area contributed by atoms with Crippen LogP contribution in [0.5, 0.6) is 0 Å². The Morgan fingerprint density at radius 1 is 1.50 bits per heavy atom. The lowest BCUT2D eigenvalue weighted by atomic mass is 10.1. The number of carboxylic acids is 1. The van der Waals surface area contributed by atoms with E-state index in [4.69, 9.17) is 5.11 Å². The van der Waals surface area contributed by atoms with Crippen LogP contribution in [0.3, 0.4) is 0 Å². The first-order valence-corrected chi connectivity index (χ1v) is 6.27. The summed E-state index contributed by atoms with van der Waals surface area (Å²) >= 11 is 0. The van der Waals surface area contributed by atoms with Gasteiger partial charge >= 0.3 is 5.97 Å². The van der Waals surface area contributed by atoms with Crippen molar-refractivity contribution in [1.82, 2.24) is 10.3 Å². The molecule has 0 spiro atoms. The molecule has 0 bridgehead atoms. The fourth-order valence-corrected chi connectivity index (χ4v) is 2.08. The number of nitrogens with zero attached hydrogens (tertiary/aromatic N) is 2. The van der Waals surface area contributed by atoms with Gasteiger partial charge in [0.2, 0.25) is 5.91 Å². The molecule has 2 N–H and O–H groups in total. The predicted molar refractivity (Wildman–Crippen MR) is 70.0 cm³/mol. The minimum Gasteiger partial charge on any atom is -0.480 e. The summed E-state index contributed by atoms with van der Waals surface area (Å²) in [5.41, 5.74) is 0.